The number of aromatic hydroxyl groups is 1. The van der Waals surface area contributed by atoms with Crippen molar-refractivity contribution in [1.82, 2.24) is 19.5 Å². The fraction of sp³-hybridized carbons (Fsp3) is 0.208. The number of aryl methyl sites for hydroxylation is 3. The highest BCUT2D eigenvalue weighted by Gasteiger charge is 2.16. The molecule has 0 bridgehead atoms. The van der Waals surface area contributed by atoms with Gasteiger partial charge in [0.15, 0.2) is 0 Å². The Hall–Kier alpha value is -3.47. The van der Waals surface area contributed by atoms with E-state index >= 15 is 0 Å². The summed E-state index contributed by atoms with van der Waals surface area (Å²) in [4.78, 5) is 13.8. The Kier molecular flexibility index (Phi) is 5.66. The van der Waals surface area contributed by atoms with Crippen molar-refractivity contribution in [3.63, 3.8) is 0 Å². The number of hydrogen-bond donors (Lipinski definition) is 1. The van der Waals surface area contributed by atoms with E-state index in [4.69, 9.17) is 9.97 Å². The number of aromatic nitrogens is 4. The summed E-state index contributed by atoms with van der Waals surface area (Å²) in [6.45, 7) is 2.84. The van der Waals surface area contributed by atoms with E-state index in [2.05, 4.69) is 28.6 Å². The molecule has 2 aromatic carbocycles. The monoisotopic (exact) mass is 384 g/mol. The van der Waals surface area contributed by atoms with Gasteiger partial charge in [-0.15, -0.1) is 0 Å². The highest BCUT2D eigenvalue weighted by atomic mass is 16.3. The van der Waals surface area contributed by atoms with Gasteiger partial charge in [-0.1, -0.05) is 55.5 Å². The molecule has 0 spiro atoms. The fourth-order valence-corrected chi connectivity index (χ4v) is 3.49. The standard InChI is InChI=1S/C24H24N4O/c1-2-22-25-15-14-20(27-22)24-23(19-10-4-3-5-11-19)26-17-28(24)16-8-12-18-9-6-7-13-21(18)29/h3-7,9-11,13-15,17,29H,2,8,12,16H2,1H3. The van der Waals surface area contributed by atoms with Crippen LogP contribution in [0.5, 0.6) is 5.75 Å². The normalized spacial score (nSPS) is 10.9. The third kappa shape index (κ3) is 4.19. The molecule has 0 aliphatic carbocycles. The maximum Gasteiger partial charge on any atom is 0.128 e. The molecule has 0 fully saturated rings. The van der Waals surface area contributed by atoms with Gasteiger partial charge in [0, 0.05) is 24.7 Å². The van der Waals surface area contributed by atoms with E-state index in [0.29, 0.717) is 5.75 Å². The zero-order valence-electron chi connectivity index (χ0n) is 16.5. The molecule has 4 aromatic rings. The van der Waals surface area contributed by atoms with Crippen LogP contribution in [0.25, 0.3) is 22.6 Å². The number of benzene rings is 2. The fourth-order valence-electron chi connectivity index (χ4n) is 3.49. The Morgan fingerprint density at radius 2 is 1.72 bits per heavy atom. The Balaban J connectivity index is 1.66. The SMILES string of the molecule is CCc1nccc(-c2c(-c3ccccc3)ncn2CCCc2ccccc2O)n1. The maximum atomic E-state index is 10.0. The minimum atomic E-state index is 0.353. The predicted molar refractivity (Wildman–Crippen MR) is 114 cm³/mol. The molecule has 0 atom stereocenters. The molecule has 2 heterocycles. The molecule has 0 amide bonds. The lowest BCUT2D eigenvalue weighted by atomic mass is 10.1. The lowest BCUT2D eigenvalue weighted by molar-refractivity contribution is 0.466. The van der Waals surface area contributed by atoms with Crippen LogP contribution in [0.15, 0.2) is 73.2 Å². The second-order valence-electron chi connectivity index (χ2n) is 6.95. The second-order valence-corrected chi connectivity index (χ2v) is 6.95. The minimum absolute atomic E-state index is 0.353. The molecule has 0 aliphatic heterocycles. The van der Waals surface area contributed by atoms with Crippen molar-refractivity contribution in [2.45, 2.75) is 32.7 Å². The Labute approximate surface area is 170 Å². The van der Waals surface area contributed by atoms with Crippen molar-refractivity contribution in [2.24, 2.45) is 0 Å². The minimum Gasteiger partial charge on any atom is -0.508 e. The smallest absolute Gasteiger partial charge is 0.128 e. The summed E-state index contributed by atoms with van der Waals surface area (Å²) in [5.41, 5.74) is 4.85. The summed E-state index contributed by atoms with van der Waals surface area (Å²) in [6.07, 6.45) is 6.18. The van der Waals surface area contributed by atoms with Gasteiger partial charge in [0.05, 0.1) is 23.4 Å². The van der Waals surface area contributed by atoms with Crippen LogP contribution in [-0.4, -0.2) is 24.6 Å². The van der Waals surface area contributed by atoms with Gasteiger partial charge in [0.1, 0.15) is 11.6 Å². The van der Waals surface area contributed by atoms with Crippen LogP contribution in [0, 0.1) is 0 Å². The number of rotatable bonds is 7. The number of nitrogens with zero attached hydrogens (tertiary/aromatic N) is 4. The second kappa shape index (κ2) is 8.69. The largest absolute Gasteiger partial charge is 0.508 e. The van der Waals surface area contributed by atoms with Gasteiger partial charge in [-0.25, -0.2) is 15.0 Å². The molecule has 0 saturated carbocycles. The van der Waals surface area contributed by atoms with E-state index in [-0.39, 0.29) is 0 Å². The molecule has 4 rings (SSSR count). The average molecular weight is 384 g/mol. The lowest BCUT2D eigenvalue weighted by Gasteiger charge is -2.11. The first-order chi connectivity index (χ1) is 14.3. The van der Waals surface area contributed by atoms with Crippen LogP contribution >= 0.6 is 0 Å². The van der Waals surface area contributed by atoms with E-state index in [9.17, 15) is 5.11 Å². The molecule has 5 heteroatoms. The molecule has 1 N–H and O–H groups in total. The number of phenolic OH excluding ortho intramolecular Hbond substituents is 1. The van der Waals surface area contributed by atoms with Crippen molar-refractivity contribution >= 4 is 0 Å². The van der Waals surface area contributed by atoms with Gasteiger partial charge < -0.3 is 9.67 Å². The zero-order valence-corrected chi connectivity index (χ0v) is 16.5. The predicted octanol–water partition coefficient (Wildman–Crippen LogP) is 4.91. The van der Waals surface area contributed by atoms with Crippen LogP contribution in [0.4, 0.5) is 0 Å². The first-order valence-electron chi connectivity index (χ1n) is 9.96. The van der Waals surface area contributed by atoms with E-state index in [1.54, 1.807) is 6.07 Å². The van der Waals surface area contributed by atoms with Crippen LogP contribution in [0.1, 0.15) is 24.7 Å². The van der Waals surface area contributed by atoms with Gasteiger partial charge in [-0.3, -0.25) is 0 Å². The molecular formula is C24H24N4O. The molecule has 0 radical (unpaired) electrons. The van der Waals surface area contributed by atoms with E-state index in [0.717, 1.165) is 59.8 Å². The molecule has 5 nitrogen and oxygen atoms in total. The Morgan fingerprint density at radius 1 is 0.931 bits per heavy atom. The quantitative estimate of drug-likeness (QED) is 0.492. The Morgan fingerprint density at radius 3 is 2.52 bits per heavy atom. The maximum absolute atomic E-state index is 10.0. The first-order valence-corrected chi connectivity index (χ1v) is 9.96. The number of imidazole rings is 1. The van der Waals surface area contributed by atoms with Crippen LogP contribution in [0.2, 0.25) is 0 Å². The lowest BCUT2D eigenvalue weighted by Crippen LogP contribution is -2.04. The van der Waals surface area contributed by atoms with Gasteiger partial charge in [0.25, 0.3) is 0 Å². The van der Waals surface area contributed by atoms with E-state index in [1.165, 1.54) is 0 Å². The Bertz CT molecular complexity index is 1090. The van der Waals surface area contributed by atoms with E-state index < -0.39 is 0 Å². The molecule has 146 valence electrons. The van der Waals surface area contributed by atoms with Crippen molar-refractivity contribution in [3.05, 3.63) is 84.6 Å². The highest BCUT2D eigenvalue weighted by molar-refractivity contribution is 5.76. The molecule has 0 aliphatic rings. The van der Waals surface area contributed by atoms with Crippen molar-refractivity contribution in [1.29, 1.82) is 0 Å². The van der Waals surface area contributed by atoms with Gasteiger partial charge in [0.2, 0.25) is 0 Å². The summed E-state index contributed by atoms with van der Waals surface area (Å²) in [6, 6.07) is 19.6. The van der Waals surface area contributed by atoms with Gasteiger partial charge in [-0.2, -0.15) is 0 Å². The molecule has 0 unspecified atom stereocenters. The highest BCUT2D eigenvalue weighted by Crippen LogP contribution is 2.30. The van der Waals surface area contributed by atoms with Crippen molar-refractivity contribution < 1.29 is 5.11 Å². The zero-order chi connectivity index (χ0) is 20.1. The molecule has 0 saturated heterocycles. The van der Waals surface area contributed by atoms with Crippen molar-refractivity contribution in [3.8, 4) is 28.4 Å². The number of para-hydroxylation sites is 1. The summed E-state index contributed by atoms with van der Waals surface area (Å²) < 4.78 is 2.16. The van der Waals surface area contributed by atoms with Gasteiger partial charge >= 0.3 is 0 Å². The third-order valence-corrected chi connectivity index (χ3v) is 4.99. The number of hydrogen-bond acceptors (Lipinski definition) is 4. The molecule has 29 heavy (non-hydrogen) atoms. The molecular weight excluding hydrogens is 360 g/mol. The van der Waals surface area contributed by atoms with E-state index in [1.807, 2.05) is 55.0 Å². The summed E-state index contributed by atoms with van der Waals surface area (Å²) in [7, 11) is 0. The van der Waals surface area contributed by atoms with Crippen LogP contribution in [-0.2, 0) is 19.4 Å². The van der Waals surface area contributed by atoms with Crippen molar-refractivity contribution in [2.75, 3.05) is 0 Å². The summed E-state index contributed by atoms with van der Waals surface area (Å²) in [5.74, 6) is 1.18. The summed E-state index contributed by atoms with van der Waals surface area (Å²) in [5, 5.41) is 10.0. The van der Waals surface area contributed by atoms with Crippen LogP contribution in [0.3, 0.4) is 0 Å². The first kappa shape index (κ1) is 18.9. The summed E-state index contributed by atoms with van der Waals surface area (Å²) >= 11 is 0. The average Bonchev–Trinajstić information content (AvgIpc) is 3.19. The third-order valence-electron chi connectivity index (χ3n) is 4.99. The topological polar surface area (TPSA) is 63.8 Å². The molecule has 2 aromatic heterocycles. The number of phenols is 1. The van der Waals surface area contributed by atoms with Crippen LogP contribution < -0.4 is 0 Å². The van der Waals surface area contributed by atoms with Gasteiger partial charge in [-0.05, 0) is 30.5 Å².